The zero-order valence-electron chi connectivity index (χ0n) is 17.7. The first kappa shape index (κ1) is 21.5. The number of piperidine rings is 1. The van der Waals surface area contributed by atoms with Crippen molar-refractivity contribution in [2.24, 2.45) is 0 Å². The molecule has 0 aliphatic carbocycles. The van der Waals surface area contributed by atoms with Crippen molar-refractivity contribution in [1.82, 2.24) is 4.90 Å². The second-order valence-corrected chi connectivity index (χ2v) is 9.72. The predicted molar refractivity (Wildman–Crippen MR) is 126 cm³/mol. The van der Waals surface area contributed by atoms with Crippen molar-refractivity contribution in [2.45, 2.75) is 32.3 Å². The second kappa shape index (κ2) is 10.0. The lowest BCUT2D eigenvalue weighted by atomic mass is 9.89. The van der Waals surface area contributed by atoms with Crippen molar-refractivity contribution in [3.05, 3.63) is 56.8 Å². The maximum Gasteiger partial charge on any atom is 0.309 e. The lowest BCUT2D eigenvalue weighted by molar-refractivity contribution is -0.139. The Kier molecular flexibility index (Phi) is 7.18. The van der Waals surface area contributed by atoms with E-state index in [-0.39, 0.29) is 12.4 Å². The number of hydrogen-bond donors (Lipinski definition) is 0. The summed E-state index contributed by atoms with van der Waals surface area (Å²) in [6.45, 7) is 4.02. The molecule has 1 aromatic heterocycles. The van der Waals surface area contributed by atoms with Crippen LogP contribution in [0.3, 0.4) is 0 Å². The molecule has 0 unspecified atom stereocenters. The molecule has 1 aromatic carbocycles. The van der Waals surface area contributed by atoms with Gasteiger partial charge in [0.25, 0.3) is 0 Å². The average molecular weight is 444 g/mol. The predicted octanol–water partition coefficient (Wildman–Crippen LogP) is 5.01. The number of methoxy groups -OCH3 is 1. The van der Waals surface area contributed by atoms with E-state index in [1.54, 1.807) is 11.3 Å². The van der Waals surface area contributed by atoms with E-state index in [4.69, 9.17) is 9.47 Å². The third kappa shape index (κ3) is 4.76. The number of carbonyl (C=O) groups is 1. The Morgan fingerprint density at radius 2 is 2.10 bits per heavy atom. The maximum absolute atomic E-state index is 11.8. The van der Waals surface area contributed by atoms with Gasteiger partial charge in [-0.1, -0.05) is 11.6 Å². The summed E-state index contributed by atoms with van der Waals surface area (Å²) in [4.78, 5) is 15.8. The van der Waals surface area contributed by atoms with Crippen LogP contribution in [0.25, 0.3) is 5.57 Å². The Morgan fingerprint density at radius 1 is 1.27 bits per heavy atom. The molecule has 0 spiro atoms. The van der Waals surface area contributed by atoms with E-state index in [0.717, 1.165) is 42.8 Å². The Hall–Kier alpha value is -1.76. The molecular formula is C24H29NO3S2. The van der Waals surface area contributed by atoms with Gasteiger partial charge in [0.2, 0.25) is 0 Å². The normalized spacial score (nSPS) is 16.5. The van der Waals surface area contributed by atoms with Crippen molar-refractivity contribution < 1.29 is 14.3 Å². The van der Waals surface area contributed by atoms with E-state index in [1.165, 1.54) is 47.4 Å². The topological polar surface area (TPSA) is 38.8 Å². The van der Waals surface area contributed by atoms with E-state index < -0.39 is 0 Å². The van der Waals surface area contributed by atoms with E-state index in [1.807, 2.05) is 23.9 Å². The molecular weight excluding hydrogens is 414 g/mol. The van der Waals surface area contributed by atoms with Crippen LogP contribution in [0, 0.1) is 0 Å². The molecule has 1 saturated heterocycles. The summed E-state index contributed by atoms with van der Waals surface area (Å²) in [6.07, 6.45) is 5.90. The maximum atomic E-state index is 11.8. The summed E-state index contributed by atoms with van der Waals surface area (Å²) in [5.41, 5.74) is 6.21. The van der Waals surface area contributed by atoms with E-state index in [2.05, 4.69) is 28.7 Å². The zero-order valence-corrected chi connectivity index (χ0v) is 19.4. The highest BCUT2D eigenvalue weighted by atomic mass is 32.2. The molecule has 0 atom stereocenters. The van der Waals surface area contributed by atoms with Crippen LogP contribution in [0.2, 0.25) is 0 Å². The van der Waals surface area contributed by atoms with E-state index >= 15 is 0 Å². The molecule has 0 amide bonds. The van der Waals surface area contributed by atoms with Crippen LogP contribution in [0.4, 0.5) is 0 Å². The summed E-state index contributed by atoms with van der Waals surface area (Å²) in [6, 6.07) is 8.31. The minimum Gasteiger partial charge on any atom is -0.488 e. The van der Waals surface area contributed by atoms with Gasteiger partial charge in [0.1, 0.15) is 12.4 Å². The molecule has 2 aliphatic heterocycles. The largest absolute Gasteiger partial charge is 0.488 e. The highest BCUT2D eigenvalue weighted by Crippen LogP contribution is 2.43. The van der Waals surface area contributed by atoms with E-state index in [0.29, 0.717) is 6.61 Å². The summed E-state index contributed by atoms with van der Waals surface area (Å²) in [5, 5.41) is 2.16. The number of ether oxygens (including phenoxy) is 2. The van der Waals surface area contributed by atoms with Crippen molar-refractivity contribution in [3.8, 4) is 5.75 Å². The fourth-order valence-electron chi connectivity index (χ4n) is 4.27. The number of carbonyl (C=O) groups excluding carboxylic acids is 1. The summed E-state index contributed by atoms with van der Waals surface area (Å²) in [5.74, 6) is 1.93. The van der Waals surface area contributed by atoms with Gasteiger partial charge in [-0.3, -0.25) is 4.79 Å². The molecule has 6 heteroatoms. The van der Waals surface area contributed by atoms with Gasteiger partial charge in [0.05, 0.1) is 13.5 Å². The van der Waals surface area contributed by atoms with Crippen LogP contribution in [0.15, 0.2) is 35.2 Å². The molecule has 3 heterocycles. The van der Waals surface area contributed by atoms with Gasteiger partial charge in [0, 0.05) is 34.7 Å². The monoisotopic (exact) mass is 443 g/mol. The van der Waals surface area contributed by atoms with Crippen molar-refractivity contribution in [1.29, 1.82) is 0 Å². The molecule has 1 fully saturated rings. The van der Waals surface area contributed by atoms with Crippen LogP contribution >= 0.6 is 23.1 Å². The Morgan fingerprint density at radius 3 is 2.87 bits per heavy atom. The summed E-state index contributed by atoms with van der Waals surface area (Å²) >= 11 is 3.73. The van der Waals surface area contributed by atoms with Gasteiger partial charge >= 0.3 is 5.97 Å². The number of nitrogens with zero attached hydrogens (tertiary/aromatic N) is 1. The van der Waals surface area contributed by atoms with Crippen molar-refractivity contribution in [3.63, 3.8) is 0 Å². The molecule has 4 nitrogen and oxygen atoms in total. The van der Waals surface area contributed by atoms with Gasteiger partial charge in [-0.15, -0.1) is 11.3 Å². The van der Waals surface area contributed by atoms with Gasteiger partial charge in [0.15, 0.2) is 0 Å². The lowest BCUT2D eigenvalue weighted by Crippen LogP contribution is -2.32. The van der Waals surface area contributed by atoms with Crippen LogP contribution < -0.4 is 4.74 Å². The molecule has 4 rings (SSSR count). The molecule has 2 aliphatic rings. The lowest BCUT2D eigenvalue weighted by Gasteiger charge is -2.30. The Bertz CT molecular complexity index is 924. The molecule has 0 radical (unpaired) electrons. The molecule has 160 valence electrons. The van der Waals surface area contributed by atoms with Crippen molar-refractivity contribution >= 4 is 34.6 Å². The average Bonchev–Trinajstić information content (AvgIpc) is 3.17. The molecule has 0 N–H and O–H groups in total. The molecule has 0 saturated carbocycles. The minimum absolute atomic E-state index is 0.214. The summed E-state index contributed by atoms with van der Waals surface area (Å²) in [7, 11) is 1.44. The third-order valence-electron chi connectivity index (χ3n) is 5.88. The number of benzene rings is 1. The number of hydrogen-bond acceptors (Lipinski definition) is 6. The first-order valence-electron chi connectivity index (χ1n) is 10.5. The van der Waals surface area contributed by atoms with Crippen LogP contribution in [-0.2, 0) is 22.6 Å². The van der Waals surface area contributed by atoms with Crippen LogP contribution in [-0.4, -0.2) is 49.6 Å². The highest BCUT2D eigenvalue weighted by Gasteiger charge is 2.26. The zero-order chi connectivity index (χ0) is 20.9. The number of thiophene rings is 1. The number of likely N-dealkylation sites (tertiary alicyclic amines) is 1. The number of thioether (sulfide) groups is 1. The van der Waals surface area contributed by atoms with Gasteiger partial charge in [-0.2, -0.15) is 11.8 Å². The second-order valence-electron chi connectivity index (χ2n) is 7.81. The molecule has 2 aromatic rings. The van der Waals surface area contributed by atoms with Crippen LogP contribution in [0.5, 0.6) is 5.75 Å². The fraction of sp³-hybridized carbons (Fsp3) is 0.458. The van der Waals surface area contributed by atoms with Gasteiger partial charge < -0.3 is 14.4 Å². The Balaban J connectivity index is 1.67. The summed E-state index contributed by atoms with van der Waals surface area (Å²) < 4.78 is 11.0. The third-order valence-corrected chi connectivity index (χ3v) is 7.55. The standard InChI is InChI=1S/C24H29NO3S2/c1-27-22(26)15-17-4-5-21-20(14-17)23(24-19(16-28-21)8-13-30-24)18-6-10-25(11-7-18)9-3-12-29-2/h4-5,8,13-14H,3,6-7,9-12,15-16H2,1-2H3. The fourth-order valence-corrected chi connectivity index (χ4v) is 5.71. The number of rotatable bonds is 6. The van der Waals surface area contributed by atoms with Crippen molar-refractivity contribution in [2.75, 3.05) is 38.8 Å². The smallest absolute Gasteiger partial charge is 0.309 e. The first-order valence-corrected chi connectivity index (χ1v) is 12.8. The SMILES string of the molecule is COC(=O)Cc1ccc2c(c1)C(=C1CCN(CCCSC)CC1)c1sccc1CO2. The first-order chi connectivity index (χ1) is 14.7. The van der Waals surface area contributed by atoms with Gasteiger partial charge in [-0.05, 0) is 67.0 Å². The Labute approximate surface area is 187 Å². The van der Waals surface area contributed by atoms with Crippen LogP contribution in [0.1, 0.15) is 40.8 Å². The quantitative estimate of drug-likeness (QED) is 0.464. The minimum atomic E-state index is -0.214. The molecule has 30 heavy (non-hydrogen) atoms. The van der Waals surface area contributed by atoms with Gasteiger partial charge in [-0.25, -0.2) is 0 Å². The highest BCUT2D eigenvalue weighted by molar-refractivity contribution is 7.98. The number of esters is 1. The number of fused-ring (bicyclic) bond motifs is 2. The van der Waals surface area contributed by atoms with E-state index in [9.17, 15) is 4.79 Å². The molecule has 0 bridgehead atoms.